The van der Waals surface area contributed by atoms with Crippen molar-refractivity contribution in [1.82, 2.24) is 15.2 Å². The largest absolute Gasteiger partial charge is 0.444 e. The number of oxazole rings is 1. The molecule has 7 heteroatoms. The molecule has 2 aromatic carbocycles. The van der Waals surface area contributed by atoms with Gasteiger partial charge in [-0.05, 0) is 18.1 Å². The summed E-state index contributed by atoms with van der Waals surface area (Å²) in [6.45, 7) is 2.59. The number of aryl methyl sites for hydroxylation is 1. The average molecular weight is 387 g/mol. The maximum Gasteiger partial charge on any atom is 0.254 e. The Labute approximate surface area is 168 Å². The first kappa shape index (κ1) is 18.5. The van der Waals surface area contributed by atoms with Gasteiger partial charge in [0.05, 0.1) is 11.9 Å². The highest BCUT2D eigenvalue weighted by molar-refractivity contribution is 5.99. The fraction of sp³-hybridized carbons (Fsp3) is 0.136. The Balaban J connectivity index is 1.50. The molecule has 2 heterocycles. The second kappa shape index (κ2) is 8.02. The summed E-state index contributed by atoms with van der Waals surface area (Å²) >= 11 is 0. The maximum atomic E-state index is 12.1. The summed E-state index contributed by atoms with van der Waals surface area (Å²) in [5.41, 5.74) is 10.9. The van der Waals surface area contributed by atoms with Crippen LogP contribution in [0.25, 0.3) is 11.3 Å². The Morgan fingerprint density at radius 3 is 2.48 bits per heavy atom. The smallest absolute Gasteiger partial charge is 0.254 e. The number of amides is 1. The topological polar surface area (TPSA) is 110 Å². The van der Waals surface area contributed by atoms with Gasteiger partial charge in [0.1, 0.15) is 5.56 Å². The van der Waals surface area contributed by atoms with Crippen LogP contribution in [0.3, 0.4) is 0 Å². The lowest BCUT2D eigenvalue weighted by Crippen LogP contribution is -2.15. The third kappa shape index (κ3) is 4.19. The van der Waals surface area contributed by atoms with Crippen molar-refractivity contribution in [2.45, 2.75) is 19.9 Å². The van der Waals surface area contributed by atoms with E-state index >= 15 is 0 Å². The number of primary amides is 1. The molecule has 0 atom stereocenters. The van der Waals surface area contributed by atoms with E-state index in [2.05, 4.69) is 20.5 Å². The number of aromatic nitrogens is 3. The number of nitrogens with zero attached hydrogens (tertiary/aromatic N) is 2. The number of rotatable bonds is 7. The fourth-order valence-electron chi connectivity index (χ4n) is 3.14. The number of nitrogens with two attached hydrogens (primary N) is 1. The molecule has 0 spiro atoms. The SMILES string of the molecule is Cc1ccc(CNc2n[nH]c(Cc3ccc(-c4cnco4)cc3)c2C(N)=O)cc1. The van der Waals surface area contributed by atoms with Gasteiger partial charge < -0.3 is 15.5 Å². The normalized spacial score (nSPS) is 10.8. The highest BCUT2D eigenvalue weighted by Crippen LogP contribution is 2.23. The molecule has 4 rings (SSSR count). The van der Waals surface area contributed by atoms with Crippen LogP contribution < -0.4 is 11.1 Å². The van der Waals surface area contributed by atoms with Gasteiger partial charge in [0.15, 0.2) is 18.0 Å². The van der Waals surface area contributed by atoms with Gasteiger partial charge in [0.2, 0.25) is 0 Å². The molecule has 0 aliphatic rings. The Kier molecular flexibility index (Phi) is 5.11. The third-order valence-corrected chi connectivity index (χ3v) is 4.72. The maximum absolute atomic E-state index is 12.1. The number of hydrogen-bond donors (Lipinski definition) is 3. The summed E-state index contributed by atoms with van der Waals surface area (Å²) in [5.74, 6) is 0.656. The van der Waals surface area contributed by atoms with Crippen LogP contribution in [0.2, 0.25) is 0 Å². The van der Waals surface area contributed by atoms with Crippen LogP contribution in [0.1, 0.15) is 32.7 Å². The van der Waals surface area contributed by atoms with Crippen molar-refractivity contribution in [2.75, 3.05) is 5.32 Å². The van der Waals surface area contributed by atoms with E-state index in [1.807, 2.05) is 55.5 Å². The minimum Gasteiger partial charge on any atom is -0.444 e. The van der Waals surface area contributed by atoms with Gasteiger partial charge in [-0.25, -0.2) is 4.98 Å². The van der Waals surface area contributed by atoms with Crippen LogP contribution in [0.4, 0.5) is 5.82 Å². The molecule has 0 saturated carbocycles. The van der Waals surface area contributed by atoms with Gasteiger partial charge in [-0.3, -0.25) is 9.89 Å². The van der Waals surface area contributed by atoms with E-state index < -0.39 is 5.91 Å². The van der Waals surface area contributed by atoms with Crippen LogP contribution in [0.5, 0.6) is 0 Å². The zero-order valence-electron chi connectivity index (χ0n) is 16.0. The second-order valence-electron chi connectivity index (χ2n) is 6.87. The number of H-pyrrole nitrogens is 1. The van der Waals surface area contributed by atoms with Crippen molar-refractivity contribution in [2.24, 2.45) is 5.73 Å². The van der Waals surface area contributed by atoms with E-state index in [1.54, 1.807) is 6.20 Å². The molecule has 1 amide bonds. The number of carbonyl (C=O) groups is 1. The molecule has 2 aromatic heterocycles. The van der Waals surface area contributed by atoms with Gasteiger partial charge >= 0.3 is 0 Å². The van der Waals surface area contributed by atoms with Crippen molar-refractivity contribution in [3.8, 4) is 11.3 Å². The number of carbonyl (C=O) groups excluding carboxylic acids is 1. The van der Waals surface area contributed by atoms with Gasteiger partial charge in [-0.2, -0.15) is 5.10 Å². The number of hydrogen-bond acceptors (Lipinski definition) is 5. The number of nitrogens with one attached hydrogen (secondary N) is 2. The van der Waals surface area contributed by atoms with Crippen molar-refractivity contribution in [3.63, 3.8) is 0 Å². The summed E-state index contributed by atoms with van der Waals surface area (Å²) in [6, 6.07) is 16.0. The monoisotopic (exact) mass is 387 g/mol. The minimum absolute atomic E-state index is 0.386. The summed E-state index contributed by atoms with van der Waals surface area (Å²) in [7, 11) is 0. The third-order valence-electron chi connectivity index (χ3n) is 4.72. The van der Waals surface area contributed by atoms with Crippen LogP contribution in [0.15, 0.2) is 65.5 Å². The molecule has 29 heavy (non-hydrogen) atoms. The van der Waals surface area contributed by atoms with Gasteiger partial charge in [0, 0.05) is 18.5 Å². The lowest BCUT2D eigenvalue weighted by Gasteiger charge is -2.07. The lowest BCUT2D eigenvalue weighted by atomic mass is 10.0. The zero-order chi connectivity index (χ0) is 20.2. The highest BCUT2D eigenvalue weighted by Gasteiger charge is 2.18. The molecule has 0 unspecified atom stereocenters. The van der Waals surface area contributed by atoms with Crippen molar-refractivity contribution < 1.29 is 9.21 Å². The molecule has 0 aliphatic heterocycles. The van der Waals surface area contributed by atoms with E-state index in [4.69, 9.17) is 10.2 Å². The number of benzene rings is 2. The molecule has 4 aromatic rings. The first-order valence-electron chi connectivity index (χ1n) is 9.24. The Morgan fingerprint density at radius 2 is 1.83 bits per heavy atom. The molecule has 0 aliphatic carbocycles. The van der Waals surface area contributed by atoms with Crippen LogP contribution in [0, 0.1) is 6.92 Å². The van der Waals surface area contributed by atoms with E-state index in [0.717, 1.165) is 16.7 Å². The second-order valence-corrected chi connectivity index (χ2v) is 6.87. The van der Waals surface area contributed by atoms with E-state index in [9.17, 15) is 4.79 Å². The van der Waals surface area contributed by atoms with Gasteiger partial charge in [-0.15, -0.1) is 0 Å². The van der Waals surface area contributed by atoms with Gasteiger partial charge in [-0.1, -0.05) is 54.1 Å². The predicted molar refractivity (Wildman–Crippen MR) is 110 cm³/mol. The molecule has 0 saturated heterocycles. The van der Waals surface area contributed by atoms with Crippen molar-refractivity contribution in [1.29, 1.82) is 0 Å². The van der Waals surface area contributed by atoms with Crippen molar-refractivity contribution >= 4 is 11.7 Å². The predicted octanol–water partition coefficient (Wildman–Crippen LogP) is 3.67. The molecule has 4 N–H and O–H groups in total. The highest BCUT2D eigenvalue weighted by atomic mass is 16.3. The number of anilines is 1. The van der Waals surface area contributed by atoms with E-state index in [0.29, 0.717) is 35.8 Å². The van der Waals surface area contributed by atoms with Crippen LogP contribution in [-0.2, 0) is 13.0 Å². The molecular weight excluding hydrogens is 366 g/mol. The standard InChI is InChI=1S/C22H21N5O2/c1-14-2-4-16(5-3-14)11-25-22-20(21(23)28)18(26-27-22)10-15-6-8-17(9-7-15)19-12-24-13-29-19/h2-9,12-13H,10-11H2,1H3,(H2,23,28)(H2,25,26,27). The molecule has 7 nitrogen and oxygen atoms in total. The molecule has 146 valence electrons. The fourth-order valence-corrected chi connectivity index (χ4v) is 3.14. The average Bonchev–Trinajstić information content (AvgIpc) is 3.38. The summed E-state index contributed by atoms with van der Waals surface area (Å²) in [6.07, 6.45) is 3.58. The molecule has 0 fully saturated rings. The van der Waals surface area contributed by atoms with Crippen LogP contribution >= 0.6 is 0 Å². The first-order valence-corrected chi connectivity index (χ1v) is 9.24. The molecule has 0 bridgehead atoms. The van der Waals surface area contributed by atoms with E-state index in [-0.39, 0.29) is 0 Å². The summed E-state index contributed by atoms with van der Waals surface area (Å²) < 4.78 is 5.30. The summed E-state index contributed by atoms with van der Waals surface area (Å²) in [5, 5.41) is 10.4. The number of aromatic amines is 1. The lowest BCUT2D eigenvalue weighted by molar-refractivity contribution is 0.100. The Bertz CT molecular complexity index is 1100. The Morgan fingerprint density at radius 1 is 1.10 bits per heavy atom. The summed E-state index contributed by atoms with van der Waals surface area (Å²) in [4.78, 5) is 16.0. The van der Waals surface area contributed by atoms with Crippen molar-refractivity contribution in [3.05, 3.63) is 89.1 Å². The molecular formula is C22H21N5O2. The first-order chi connectivity index (χ1) is 14.1. The zero-order valence-corrected chi connectivity index (χ0v) is 16.0. The Hall–Kier alpha value is -3.87. The van der Waals surface area contributed by atoms with Gasteiger partial charge in [0.25, 0.3) is 5.91 Å². The molecule has 0 radical (unpaired) electrons. The van der Waals surface area contributed by atoms with E-state index in [1.165, 1.54) is 12.0 Å². The minimum atomic E-state index is -0.515. The van der Waals surface area contributed by atoms with Crippen LogP contribution in [-0.4, -0.2) is 21.1 Å². The quantitative estimate of drug-likeness (QED) is 0.448.